The molecule has 2 heterocycles. The van der Waals surface area contributed by atoms with Crippen LogP contribution < -0.4 is 19.7 Å². The highest BCUT2D eigenvalue weighted by Gasteiger charge is 2.49. The van der Waals surface area contributed by atoms with E-state index < -0.39 is 5.72 Å². The van der Waals surface area contributed by atoms with Crippen LogP contribution in [0.15, 0.2) is 46.9 Å². The molecule has 6 heteroatoms. The summed E-state index contributed by atoms with van der Waals surface area (Å²) in [5.74, 6) is 1.53. The number of nitrogens with zero attached hydrogens (tertiary/aromatic N) is 1. The van der Waals surface area contributed by atoms with Gasteiger partial charge in [-0.2, -0.15) is 0 Å². The fourth-order valence-corrected chi connectivity index (χ4v) is 4.36. The Kier molecular flexibility index (Phi) is 3.69. The number of hydrogen-bond donors (Lipinski definition) is 1. The zero-order valence-corrected chi connectivity index (χ0v) is 15.8. The Morgan fingerprint density at radius 3 is 2.88 bits per heavy atom. The maximum absolute atomic E-state index is 6.45. The first-order valence-corrected chi connectivity index (χ1v) is 8.94. The Balaban J connectivity index is 1.83. The van der Waals surface area contributed by atoms with E-state index in [0.29, 0.717) is 5.11 Å². The number of thiocarbonyl (C=S) groups is 1. The second-order valence-corrected chi connectivity index (χ2v) is 7.48. The van der Waals surface area contributed by atoms with Crippen LogP contribution in [0.5, 0.6) is 11.5 Å². The minimum absolute atomic E-state index is 0.116. The van der Waals surface area contributed by atoms with Crippen LogP contribution in [0.1, 0.15) is 24.9 Å². The van der Waals surface area contributed by atoms with E-state index in [2.05, 4.69) is 34.2 Å². The van der Waals surface area contributed by atoms with Crippen molar-refractivity contribution in [3.8, 4) is 11.5 Å². The summed E-state index contributed by atoms with van der Waals surface area (Å²) < 4.78 is 12.9. The molecular weight excluding hydrogens is 388 g/mol. The van der Waals surface area contributed by atoms with Gasteiger partial charge in [0.15, 0.2) is 22.3 Å². The molecule has 2 aromatic rings. The predicted octanol–water partition coefficient (Wildman–Crippen LogP) is 4.39. The standard InChI is InChI=1S/C18H17BrN2O2S/c1-18-10-14(13-7-4-8-15(22-2)16(13)23-18)20-17(24)21(18)12-6-3-5-11(19)9-12/h3-9,14H,10H2,1-2H3,(H,20,24). The number of rotatable bonds is 2. The van der Waals surface area contributed by atoms with E-state index in [1.54, 1.807) is 7.11 Å². The lowest BCUT2D eigenvalue weighted by Gasteiger charge is -2.52. The summed E-state index contributed by atoms with van der Waals surface area (Å²) in [6, 6.07) is 14.1. The molecule has 2 aliphatic heterocycles. The van der Waals surface area contributed by atoms with E-state index >= 15 is 0 Å². The molecule has 24 heavy (non-hydrogen) atoms. The highest BCUT2D eigenvalue weighted by Crippen LogP contribution is 2.49. The normalized spacial score (nSPS) is 24.7. The van der Waals surface area contributed by atoms with Gasteiger partial charge in [-0.05, 0) is 43.4 Å². The summed E-state index contributed by atoms with van der Waals surface area (Å²) in [6.07, 6.45) is 0.791. The highest BCUT2D eigenvalue weighted by molar-refractivity contribution is 9.10. The van der Waals surface area contributed by atoms with E-state index in [4.69, 9.17) is 21.7 Å². The Labute approximate surface area is 154 Å². The van der Waals surface area contributed by atoms with Gasteiger partial charge in [-0.15, -0.1) is 0 Å². The summed E-state index contributed by atoms with van der Waals surface area (Å²) >= 11 is 9.19. The van der Waals surface area contributed by atoms with Gasteiger partial charge in [0.05, 0.1) is 13.2 Å². The van der Waals surface area contributed by atoms with Gasteiger partial charge in [-0.25, -0.2) is 0 Å². The lowest BCUT2D eigenvalue weighted by molar-refractivity contribution is 0.0464. The summed E-state index contributed by atoms with van der Waals surface area (Å²) in [7, 11) is 1.66. The van der Waals surface area contributed by atoms with Crippen LogP contribution in [0.3, 0.4) is 0 Å². The van der Waals surface area contributed by atoms with Gasteiger partial charge in [-0.3, -0.25) is 4.90 Å². The molecule has 2 bridgehead atoms. The molecule has 1 saturated heterocycles. The molecule has 0 amide bonds. The Bertz CT molecular complexity index is 828. The fourth-order valence-electron chi connectivity index (χ4n) is 3.53. The van der Waals surface area contributed by atoms with Gasteiger partial charge in [0.1, 0.15) is 0 Å². The number of nitrogens with one attached hydrogen (secondary N) is 1. The molecule has 1 fully saturated rings. The minimum atomic E-state index is -0.574. The number of hydrogen-bond acceptors (Lipinski definition) is 3. The molecule has 4 rings (SSSR count). The van der Waals surface area contributed by atoms with Gasteiger partial charge in [0.25, 0.3) is 0 Å². The van der Waals surface area contributed by atoms with Crippen LogP contribution in [0.2, 0.25) is 0 Å². The molecule has 124 valence electrons. The number of methoxy groups -OCH3 is 1. The molecule has 0 radical (unpaired) electrons. The lowest BCUT2D eigenvalue weighted by atomic mass is 9.90. The SMILES string of the molecule is COc1cccc2c1OC1(C)CC2NC(=S)N1c1cccc(Br)c1. The van der Waals surface area contributed by atoms with Crippen LogP contribution in [-0.2, 0) is 0 Å². The van der Waals surface area contributed by atoms with Gasteiger partial charge < -0.3 is 14.8 Å². The van der Waals surface area contributed by atoms with Crippen LogP contribution in [0, 0.1) is 0 Å². The number of ether oxygens (including phenoxy) is 2. The number of fused-ring (bicyclic) bond motifs is 4. The molecule has 2 atom stereocenters. The largest absolute Gasteiger partial charge is 0.493 e. The van der Waals surface area contributed by atoms with Gasteiger partial charge in [0, 0.05) is 22.1 Å². The summed E-state index contributed by atoms with van der Waals surface area (Å²) in [4.78, 5) is 2.04. The summed E-state index contributed by atoms with van der Waals surface area (Å²) in [6.45, 7) is 2.07. The summed E-state index contributed by atoms with van der Waals surface area (Å²) in [5, 5.41) is 4.12. The summed E-state index contributed by atoms with van der Waals surface area (Å²) in [5.41, 5.74) is 1.50. The highest BCUT2D eigenvalue weighted by atomic mass is 79.9. The third-order valence-corrected chi connectivity index (χ3v) is 5.34. The number of anilines is 1. The Morgan fingerprint density at radius 2 is 2.12 bits per heavy atom. The number of benzene rings is 2. The molecule has 4 nitrogen and oxygen atoms in total. The zero-order chi connectivity index (χ0) is 16.9. The third kappa shape index (κ3) is 2.36. The van der Waals surface area contributed by atoms with E-state index in [1.165, 1.54) is 0 Å². The average Bonchev–Trinajstić information content (AvgIpc) is 2.53. The van der Waals surface area contributed by atoms with Crippen molar-refractivity contribution in [1.29, 1.82) is 0 Å². The van der Waals surface area contributed by atoms with Gasteiger partial charge in [-0.1, -0.05) is 34.1 Å². The molecule has 0 spiro atoms. The molecule has 2 unspecified atom stereocenters. The van der Waals surface area contributed by atoms with Crippen molar-refractivity contribution in [3.63, 3.8) is 0 Å². The van der Waals surface area contributed by atoms with Gasteiger partial charge >= 0.3 is 0 Å². The minimum Gasteiger partial charge on any atom is -0.493 e. The Hall–Kier alpha value is -1.79. The van der Waals surface area contributed by atoms with Crippen LogP contribution >= 0.6 is 28.1 Å². The molecule has 1 N–H and O–H groups in total. The van der Waals surface area contributed by atoms with Crippen molar-refractivity contribution in [1.82, 2.24) is 5.32 Å². The van der Waals surface area contributed by atoms with Gasteiger partial charge in [0.2, 0.25) is 0 Å². The maximum atomic E-state index is 6.45. The maximum Gasteiger partial charge on any atom is 0.188 e. The molecule has 2 aliphatic rings. The average molecular weight is 405 g/mol. The first-order chi connectivity index (χ1) is 11.5. The monoisotopic (exact) mass is 404 g/mol. The van der Waals surface area contributed by atoms with Crippen LogP contribution in [0.4, 0.5) is 5.69 Å². The quantitative estimate of drug-likeness (QED) is 0.750. The van der Waals surface area contributed by atoms with Crippen LogP contribution in [0.25, 0.3) is 0 Å². The molecule has 0 saturated carbocycles. The number of halogens is 1. The molecule has 0 aliphatic carbocycles. The first-order valence-electron chi connectivity index (χ1n) is 7.74. The lowest BCUT2D eigenvalue weighted by Crippen LogP contribution is -2.65. The predicted molar refractivity (Wildman–Crippen MR) is 102 cm³/mol. The topological polar surface area (TPSA) is 33.7 Å². The molecule has 2 aromatic carbocycles. The van der Waals surface area contributed by atoms with Crippen LogP contribution in [-0.4, -0.2) is 17.9 Å². The molecule has 0 aromatic heterocycles. The Morgan fingerprint density at radius 1 is 1.33 bits per heavy atom. The van der Waals surface area contributed by atoms with Crippen molar-refractivity contribution in [3.05, 3.63) is 52.5 Å². The fraction of sp³-hybridized carbons (Fsp3) is 0.278. The number of para-hydroxylation sites is 1. The van der Waals surface area contributed by atoms with Crippen molar-refractivity contribution in [2.45, 2.75) is 25.1 Å². The van der Waals surface area contributed by atoms with E-state index in [0.717, 1.165) is 33.6 Å². The second-order valence-electron chi connectivity index (χ2n) is 6.18. The van der Waals surface area contributed by atoms with Crippen molar-refractivity contribution >= 4 is 38.9 Å². The van der Waals surface area contributed by atoms with E-state index in [-0.39, 0.29) is 6.04 Å². The van der Waals surface area contributed by atoms with Crippen molar-refractivity contribution in [2.75, 3.05) is 12.0 Å². The third-order valence-electron chi connectivity index (χ3n) is 4.55. The smallest absolute Gasteiger partial charge is 0.188 e. The van der Waals surface area contributed by atoms with E-state index in [9.17, 15) is 0 Å². The first kappa shape index (κ1) is 15.7. The molecular formula is C18H17BrN2O2S. The van der Waals surface area contributed by atoms with Crippen molar-refractivity contribution < 1.29 is 9.47 Å². The second kappa shape index (κ2) is 5.63. The zero-order valence-electron chi connectivity index (χ0n) is 13.4. The van der Waals surface area contributed by atoms with Crippen molar-refractivity contribution in [2.24, 2.45) is 0 Å². The van der Waals surface area contributed by atoms with E-state index in [1.807, 2.05) is 41.3 Å².